The van der Waals surface area contributed by atoms with Gasteiger partial charge in [-0.15, -0.1) is 70.1 Å². The molecule has 7 nitrogen and oxygen atoms in total. The number of alkyl halides is 3. The Kier molecular flexibility index (Phi) is 15.0. The molecule has 11 heteroatoms. The standard InChI is InChI=1S/2C30H21N2.C9H5F3N3.Ir/c2*1-31-21-32(28-20-24-16-8-9-17-25(24)26-18-10-11-19-27(26)28)30(23-14-6-3-7-15-23)29(31)22-12-4-2-5-13-22;10-9(11,12)8-5-7(14-15-8)6-3-1-2-4-13-6;/h2*2-19H,1H3;1-5H;/q3*-1;. The Bertz CT molecular complexity index is 4180. The molecule has 0 aliphatic heterocycles. The van der Waals surface area contributed by atoms with Crippen molar-refractivity contribution >= 4 is 43.1 Å². The number of rotatable bonds is 7. The summed E-state index contributed by atoms with van der Waals surface area (Å²) in [4.78, 5) is 3.87. The molecule has 80 heavy (non-hydrogen) atoms. The molecule has 0 aliphatic carbocycles. The van der Waals surface area contributed by atoms with Gasteiger partial charge in [0, 0.05) is 32.0 Å². The van der Waals surface area contributed by atoms with Gasteiger partial charge in [0.25, 0.3) is 0 Å². The van der Waals surface area contributed by atoms with Crippen LogP contribution < -0.4 is 14.2 Å². The van der Waals surface area contributed by atoms with Crippen molar-refractivity contribution in [2.24, 2.45) is 14.1 Å². The summed E-state index contributed by atoms with van der Waals surface area (Å²) in [5, 5.41) is 15.9. The van der Waals surface area contributed by atoms with Crippen molar-refractivity contribution in [2.45, 2.75) is 6.18 Å². The predicted octanol–water partition coefficient (Wildman–Crippen LogP) is 15.2. The van der Waals surface area contributed by atoms with Crippen LogP contribution in [-0.2, 0) is 40.4 Å². The molecule has 4 heterocycles. The topological polar surface area (TPSA) is 57.5 Å². The Morgan fingerprint density at radius 3 is 1.18 bits per heavy atom. The fourth-order valence-electron chi connectivity index (χ4n) is 10.2. The van der Waals surface area contributed by atoms with Gasteiger partial charge in [-0.25, -0.2) is 0 Å². The molecule has 0 N–H and O–H groups in total. The van der Waals surface area contributed by atoms with Crippen LogP contribution in [0.2, 0.25) is 0 Å². The molecule has 0 saturated carbocycles. The summed E-state index contributed by atoms with van der Waals surface area (Å²) < 4.78 is 45.1. The Morgan fingerprint density at radius 1 is 0.425 bits per heavy atom. The molecule has 0 fully saturated rings. The zero-order chi connectivity index (χ0) is 53.9. The van der Waals surface area contributed by atoms with Crippen LogP contribution in [0.4, 0.5) is 13.2 Å². The van der Waals surface area contributed by atoms with E-state index in [2.05, 4.69) is 291 Å². The summed E-state index contributed by atoms with van der Waals surface area (Å²) in [6, 6.07) is 89.4. The molecular weight excluding hydrogens is 1180 g/mol. The van der Waals surface area contributed by atoms with Crippen LogP contribution in [0, 0.1) is 24.8 Å². The second kappa shape index (κ2) is 22.8. The SMILES string of the molecule is C[n+]1[c-]n(-c2[c-]c3ccccc3c3ccccc23)c(-c2ccccc2)c1-c1ccccc1.C[n+]1[c-]n(-c2[c-]c3ccccc3c3ccccc23)c(-c2ccccc2)c1-c1ccccc1.FC(F)(F)c1cc(-c2ccccn2)[n-]n1.[Ir]. The van der Waals surface area contributed by atoms with Crippen LogP contribution in [-0.4, -0.2) is 19.2 Å². The van der Waals surface area contributed by atoms with Gasteiger partial charge in [-0.1, -0.05) is 215 Å². The molecule has 0 amide bonds. The van der Waals surface area contributed by atoms with E-state index in [0.717, 1.165) is 84.0 Å². The van der Waals surface area contributed by atoms with Crippen LogP contribution in [0.25, 0.3) is 111 Å². The number of pyridine rings is 1. The van der Waals surface area contributed by atoms with Crippen LogP contribution >= 0.6 is 0 Å². The summed E-state index contributed by atoms with van der Waals surface area (Å²) in [6.45, 7) is 0. The van der Waals surface area contributed by atoms with Crippen LogP contribution in [0.15, 0.2) is 249 Å². The minimum Gasteiger partial charge on any atom is -0.573 e. The molecule has 391 valence electrons. The van der Waals surface area contributed by atoms with E-state index in [9.17, 15) is 13.2 Å². The largest absolute Gasteiger partial charge is 0.573 e. The first-order valence-electron chi connectivity index (χ1n) is 25.6. The number of aromatic nitrogens is 7. The fraction of sp³-hybridized carbons (Fsp3) is 0.0435. The number of benzene rings is 10. The zero-order valence-corrected chi connectivity index (χ0v) is 45.7. The van der Waals surface area contributed by atoms with Gasteiger partial charge < -0.3 is 28.5 Å². The number of nitrogens with zero attached hydrogens (tertiary/aromatic N) is 7. The monoisotopic (exact) mass is 1220 g/mol. The van der Waals surface area contributed by atoms with Crippen molar-refractivity contribution in [1.82, 2.24) is 24.3 Å². The Morgan fingerprint density at radius 2 is 0.787 bits per heavy atom. The van der Waals surface area contributed by atoms with Crippen molar-refractivity contribution in [3.63, 3.8) is 0 Å². The van der Waals surface area contributed by atoms with Crippen molar-refractivity contribution in [3.05, 3.63) is 279 Å². The van der Waals surface area contributed by atoms with E-state index < -0.39 is 11.9 Å². The first kappa shape index (κ1) is 52.5. The second-order valence-electron chi connectivity index (χ2n) is 18.8. The van der Waals surface area contributed by atoms with Crippen LogP contribution in [0.1, 0.15) is 5.69 Å². The third-order valence-electron chi connectivity index (χ3n) is 13.8. The van der Waals surface area contributed by atoms with Crippen molar-refractivity contribution in [2.75, 3.05) is 0 Å². The summed E-state index contributed by atoms with van der Waals surface area (Å²) in [5.41, 5.74) is 10.6. The Balaban J connectivity index is 0.000000134. The third kappa shape index (κ3) is 10.4. The number of aryl methyl sites for hydroxylation is 2. The molecule has 0 unspecified atom stereocenters. The number of halogens is 3. The smallest absolute Gasteiger partial charge is 0.431 e. The molecule has 0 saturated heterocycles. The zero-order valence-electron chi connectivity index (χ0n) is 43.3. The molecule has 0 spiro atoms. The van der Waals surface area contributed by atoms with E-state index in [0.29, 0.717) is 5.69 Å². The molecule has 4 aromatic heterocycles. The molecule has 14 rings (SSSR count). The molecule has 0 bridgehead atoms. The normalized spacial score (nSPS) is 11.2. The van der Waals surface area contributed by atoms with E-state index >= 15 is 0 Å². The van der Waals surface area contributed by atoms with Crippen molar-refractivity contribution in [3.8, 4) is 67.8 Å². The summed E-state index contributed by atoms with van der Waals surface area (Å²) in [7, 11) is 4.13. The van der Waals surface area contributed by atoms with Crippen molar-refractivity contribution in [1.29, 1.82) is 0 Å². The Hall–Kier alpha value is -9.54. The molecule has 1 radical (unpaired) electrons. The molecular formula is C69H47F3IrN7-3. The first-order valence-corrected chi connectivity index (χ1v) is 25.6. The maximum absolute atomic E-state index is 12.2. The van der Waals surface area contributed by atoms with Gasteiger partial charge in [-0.3, -0.25) is 4.98 Å². The van der Waals surface area contributed by atoms with E-state index in [-0.39, 0.29) is 25.8 Å². The van der Waals surface area contributed by atoms with Gasteiger partial charge in [0.1, 0.15) is 5.69 Å². The Labute approximate surface area is 474 Å². The minimum atomic E-state index is -4.46. The van der Waals surface area contributed by atoms with E-state index in [1.54, 1.807) is 18.2 Å². The average molecular weight is 1220 g/mol. The van der Waals surface area contributed by atoms with E-state index in [1.807, 2.05) is 0 Å². The number of hydrogen-bond donors (Lipinski definition) is 0. The molecule has 10 aromatic carbocycles. The van der Waals surface area contributed by atoms with E-state index in [1.165, 1.54) is 27.7 Å². The minimum absolute atomic E-state index is 0. The second-order valence-corrected chi connectivity index (χ2v) is 18.8. The molecule has 0 atom stereocenters. The van der Waals surface area contributed by atoms with Crippen LogP contribution in [0.5, 0.6) is 0 Å². The summed E-state index contributed by atoms with van der Waals surface area (Å²) in [5.74, 6) is 0. The maximum atomic E-state index is 12.2. The molecule has 14 aromatic rings. The fourth-order valence-corrected chi connectivity index (χ4v) is 10.2. The van der Waals surface area contributed by atoms with Gasteiger partial charge >= 0.3 is 6.18 Å². The maximum Gasteiger partial charge on any atom is 0.431 e. The first-order chi connectivity index (χ1) is 38.7. The van der Waals surface area contributed by atoms with Gasteiger partial charge in [-0.2, -0.15) is 13.2 Å². The number of fused-ring (bicyclic) bond motifs is 6. The van der Waals surface area contributed by atoms with Gasteiger partial charge in [0.05, 0.1) is 36.9 Å². The van der Waals surface area contributed by atoms with Crippen molar-refractivity contribution < 1.29 is 42.4 Å². The quantitative estimate of drug-likeness (QED) is 0.0908. The van der Waals surface area contributed by atoms with E-state index in [4.69, 9.17) is 0 Å². The van der Waals surface area contributed by atoms with Gasteiger partial charge in [0.15, 0.2) is 0 Å². The number of imidazole rings is 2. The predicted molar refractivity (Wildman–Crippen MR) is 307 cm³/mol. The van der Waals surface area contributed by atoms with Gasteiger partial charge in [0.2, 0.25) is 12.7 Å². The average Bonchev–Trinajstić information content (AvgIpc) is 4.40. The third-order valence-corrected chi connectivity index (χ3v) is 13.8. The molecule has 0 aliphatic rings. The summed E-state index contributed by atoms with van der Waals surface area (Å²) >= 11 is 0. The number of hydrogen-bond acceptors (Lipinski definition) is 2. The summed E-state index contributed by atoms with van der Waals surface area (Å²) in [6.07, 6.45) is 4.20. The van der Waals surface area contributed by atoms with Crippen LogP contribution in [0.3, 0.4) is 0 Å². The van der Waals surface area contributed by atoms with Gasteiger partial charge in [-0.05, 0) is 51.8 Å².